The van der Waals surface area contributed by atoms with E-state index in [1.54, 1.807) is 33.4 Å². The lowest BCUT2D eigenvalue weighted by molar-refractivity contribution is 0.874. The molecule has 0 nitrogen and oxygen atoms in total. The molecule has 2 aromatic carbocycles. The zero-order valence-corrected chi connectivity index (χ0v) is 16.2. The average Bonchev–Trinajstić information content (AvgIpc) is 2.64. The highest BCUT2D eigenvalue weighted by molar-refractivity contribution is 5.81. The van der Waals surface area contributed by atoms with Gasteiger partial charge in [-0.25, -0.2) is 0 Å². The van der Waals surface area contributed by atoms with E-state index in [0.717, 1.165) is 0 Å². The van der Waals surface area contributed by atoms with Gasteiger partial charge in [0.25, 0.3) is 0 Å². The summed E-state index contributed by atoms with van der Waals surface area (Å²) in [6.45, 7) is 14.2. The van der Waals surface area contributed by atoms with E-state index in [0.29, 0.717) is 0 Å². The lowest BCUT2D eigenvalue weighted by atomic mass is 9.75. The van der Waals surface area contributed by atoms with E-state index in [-0.39, 0.29) is 0 Å². The minimum Gasteiger partial charge on any atom is -0.0683 e. The van der Waals surface area contributed by atoms with E-state index in [4.69, 9.17) is 0 Å². The molecule has 2 aromatic rings. The molecule has 4 rings (SSSR count). The Bertz CT molecular complexity index is 573. The molecule has 0 spiro atoms. The van der Waals surface area contributed by atoms with Crippen molar-refractivity contribution in [3.8, 4) is 11.1 Å². The number of benzene rings is 2. The predicted molar refractivity (Wildman–Crippen MR) is 105 cm³/mol. The summed E-state index contributed by atoms with van der Waals surface area (Å²) in [6.07, 6.45) is 4.89. The first-order chi connectivity index (χ1) is 11.3. The Kier molecular flexibility index (Phi) is 8.09. The summed E-state index contributed by atoms with van der Waals surface area (Å²) in [6, 6.07) is 11.7. The first-order valence-corrected chi connectivity index (χ1v) is 9.56. The number of rotatable bonds is 0. The molecule has 0 aliphatic heterocycles. The summed E-state index contributed by atoms with van der Waals surface area (Å²) >= 11 is 0. The summed E-state index contributed by atoms with van der Waals surface area (Å²) in [7, 11) is 0. The van der Waals surface area contributed by atoms with E-state index in [2.05, 4.69) is 37.3 Å². The van der Waals surface area contributed by atoms with Crippen LogP contribution in [0.25, 0.3) is 11.1 Å². The maximum atomic E-state index is 2.39. The number of hydrogen-bond donors (Lipinski definition) is 0. The molecule has 0 N–H and O–H groups in total. The zero-order valence-electron chi connectivity index (χ0n) is 16.2. The largest absolute Gasteiger partial charge is 0.0683 e. The Hall–Kier alpha value is -1.56. The highest BCUT2D eigenvalue weighted by atomic mass is 14.3. The van der Waals surface area contributed by atoms with Gasteiger partial charge in [0.15, 0.2) is 0 Å². The average molecular weight is 311 g/mol. The van der Waals surface area contributed by atoms with Gasteiger partial charge in [0.2, 0.25) is 0 Å². The highest BCUT2D eigenvalue weighted by Crippen LogP contribution is 2.42. The summed E-state index contributed by atoms with van der Waals surface area (Å²) in [4.78, 5) is 0. The van der Waals surface area contributed by atoms with Crippen LogP contribution in [0.1, 0.15) is 69.4 Å². The van der Waals surface area contributed by atoms with Gasteiger partial charge in [-0.05, 0) is 66.0 Å². The van der Waals surface area contributed by atoms with Gasteiger partial charge in [-0.15, -0.1) is 0 Å². The molecular formula is C23H34. The van der Waals surface area contributed by atoms with Gasteiger partial charge in [0, 0.05) is 0 Å². The summed E-state index contributed by atoms with van der Waals surface area (Å²) in [5.41, 5.74) is 10.9. The summed E-state index contributed by atoms with van der Waals surface area (Å²) in [5.74, 6) is 0. The number of aryl methyl sites for hydroxylation is 5. The van der Waals surface area contributed by atoms with Gasteiger partial charge in [-0.3, -0.25) is 0 Å². The molecule has 0 heteroatoms. The van der Waals surface area contributed by atoms with Crippen LogP contribution in [0.4, 0.5) is 0 Å². The third kappa shape index (κ3) is 3.86. The maximum Gasteiger partial charge on any atom is -0.0114 e. The first kappa shape index (κ1) is 19.5. The maximum absolute atomic E-state index is 2.39. The van der Waals surface area contributed by atoms with Crippen LogP contribution in [0, 0.1) is 6.92 Å². The Labute approximate surface area is 144 Å². The van der Waals surface area contributed by atoms with Crippen molar-refractivity contribution >= 4 is 0 Å². The third-order valence-corrected chi connectivity index (χ3v) is 4.26. The van der Waals surface area contributed by atoms with Crippen LogP contribution < -0.4 is 0 Å². The van der Waals surface area contributed by atoms with Gasteiger partial charge in [-0.1, -0.05) is 77.4 Å². The van der Waals surface area contributed by atoms with Crippen molar-refractivity contribution in [1.29, 1.82) is 0 Å². The second kappa shape index (κ2) is 9.55. The Morgan fingerprint density at radius 1 is 0.565 bits per heavy atom. The molecule has 2 aliphatic carbocycles. The van der Waals surface area contributed by atoms with Crippen molar-refractivity contribution in [2.75, 3.05) is 0 Å². The fourth-order valence-electron chi connectivity index (χ4n) is 3.59. The first-order valence-electron chi connectivity index (χ1n) is 9.56. The van der Waals surface area contributed by atoms with Crippen molar-refractivity contribution in [2.24, 2.45) is 0 Å². The van der Waals surface area contributed by atoms with Gasteiger partial charge in [0.1, 0.15) is 0 Å². The quantitative estimate of drug-likeness (QED) is 0.494. The predicted octanol–water partition coefficient (Wildman–Crippen LogP) is 6.94. The SMILES string of the molecule is CC.CC.CC.Cc1cc2c3c(c1)CCc1cccc(c1-3)CC2. The summed E-state index contributed by atoms with van der Waals surface area (Å²) in [5, 5.41) is 0. The van der Waals surface area contributed by atoms with Crippen LogP contribution in [0.15, 0.2) is 30.3 Å². The molecule has 2 aliphatic rings. The lowest BCUT2D eigenvalue weighted by Crippen LogP contribution is -2.14. The Morgan fingerprint density at radius 3 is 1.35 bits per heavy atom. The lowest BCUT2D eigenvalue weighted by Gasteiger charge is -2.29. The van der Waals surface area contributed by atoms with E-state index >= 15 is 0 Å². The molecule has 0 saturated heterocycles. The van der Waals surface area contributed by atoms with Crippen molar-refractivity contribution in [3.63, 3.8) is 0 Å². The highest BCUT2D eigenvalue weighted by Gasteiger charge is 2.25. The fourth-order valence-corrected chi connectivity index (χ4v) is 3.59. The minimum atomic E-state index is 1.22. The smallest absolute Gasteiger partial charge is 0.0114 e. The second-order valence-corrected chi connectivity index (χ2v) is 5.41. The van der Waals surface area contributed by atoms with Crippen LogP contribution in [0.3, 0.4) is 0 Å². The second-order valence-electron chi connectivity index (χ2n) is 5.41. The Balaban J connectivity index is 0.000000400. The topological polar surface area (TPSA) is 0 Å². The molecule has 0 amide bonds. The molecular weight excluding hydrogens is 276 g/mol. The van der Waals surface area contributed by atoms with E-state index in [1.165, 1.54) is 31.2 Å². The molecule has 126 valence electrons. The van der Waals surface area contributed by atoms with Crippen LogP contribution >= 0.6 is 0 Å². The molecule has 0 saturated carbocycles. The molecule has 0 radical (unpaired) electrons. The molecule has 0 aromatic heterocycles. The van der Waals surface area contributed by atoms with Gasteiger partial charge >= 0.3 is 0 Å². The van der Waals surface area contributed by atoms with E-state index in [1.807, 2.05) is 41.5 Å². The van der Waals surface area contributed by atoms with E-state index in [9.17, 15) is 0 Å². The minimum absolute atomic E-state index is 1.22. The molecule has 0 bridgehead atoms. The van der Waals surface area contributed by atoms with Gasteiger partial charge in [0.05, 0.1) is 0 Å². The van der Waals surface area contributed by atoms with Gasteiger partial charge in [-0.2, -0.15) is 0 Å². The van der Waals surface area contributed by atoms with Crippen molar-refractivity contribution in [2.45, 2.75) is 74.1 Å². The van der Waals surface area contributed by atoms with Crippen molar-refractivity contribution < 1.29 is 0 Å². The summed E-state index contributed by atoms with van der Waals surface area (Å²) < 4.78 is 0. The molecule has 0 atom stereocenters. The molecule has 23 heavy (non-hydrogen) atoms. The van der Waals surface area contributed by atoms with Crippen LogP contribution in [0.5, 0.6) is 0 Å². The van der Waals surface area contributed by atoms with Crippen molar-refractivity contribution in [1.82, 2.24) is 0 Å². The van der Waals surface area contributed by atoms with E-state index < -0.39 is 0 Å². The zero-order chi connectivity index (χ0) is 17.4. The normalized spacial score (nSPS) is 12.3. The fraction of sp³-hybridized carbons (Fsp3) is 0.478. The molecule has 0 fully saturated rings. The van der Waals surface area contributed by atoms with Crippen LogP contribution in [0.2, 0.25) is 0 Å². The standard InChI is InChI=1S/C17H16.3C2H6/c1-11-9-14-7-5-12-3-2-4-13-6-8-15(10-11)17(14)16(12)13;3*1-2/h2-4,9-10H,5-8H2,1H3;3*1-2H3. The third-order valence-electron chi connectivity index (χ3n) is 4.26. The molecule has 0 unspecified atom stereocenters. The van der Waals surface area contributed by atoms with Gasteiger partial charge < -0.3 is 0 Å². The molecule has 0 heterocycles. The Morgan fingerprint density at radius 2 is 0.913 bits per heavy atom. The van der Waals surface area contributed by atoms with Crippen LogP contribution in [-0.2, 0) is 25.7 Å². The van der Waals surface area contributed by atoms with Crippen molar-refractivity contribution in [3.05, 3.63) is 58.1 Å². The number of hydrogen-bond acceptors (Lipinski definition) is 0. The monoisotopic (exact) mass is 310 g/mol. The van der Waals surface area contributed by atoms with Crippen LogP contribution in [-0.4, -0.2) is 0 Å².